The first-order chi connectivity index (χ1) is 11.3. The third kappa shape index (κ3) is 2.80. The van der Waals surface area contributed by atoms with E-state index in [4.69, 9.17) is 10.00 Å². The molecular formula is C18H23NO4S. The Hall–Kier alpha value is -1.58. The zero-order valence-electron chi connectivity index (χ0n) is 14.0. The Morgan fingerprint density at radius 2 is 1.92 bits per heavy atom. The molecule has 6 heteroatoms. The van der Waals surface area contributed by atoms with Crippen LogP contribution < -0.4 is 4.74 Å². The van der Waals surface area contributed by atoms with Gasteiger partial charge < -0.3 is 9.84 Å². The Balaban J connectivity index is 2.13. The summed E-state index contributed by atoms with van der Waals surface area (Å²) in [6.45, 7) is 3.39. The number of hydrogen-bond acceptors (Lipinski definition) is 5. The number of aliphatic hydroxyl groups excluding tert-OH is 1. The van der Waals surface area contributed by atoms with E-state index in [9.17, 15) is 13.5 Å². The van der Waals surface area contributed by atoms with Gasteiger partial charge in [-0.1, -0.05) is 19.3 Å². The van der Waals surface area contributed by atoms with Crippen LogP contribution in [0.1, 0.15) is 62.3 Å². The molecule has 3 rings (SSSR count). The lowest BCUT2D eigenvalue weighted by molar-refractivity contribution is -0.0446. The minimum atomic E-state index is -3.58. The van der Waals surface area contributed by atoms with Gasteiger partial charge in [0, 0.05) is 5.56 Å². The van der Waals surface area contributed by atoms with Gasteiger partial charge in [0.05, 0.1) is 16.9 Å². The summed E-state index contributed by atoms with van der Waals surface area (Å²) in [6, 6.07) is 6.81. The van der Waals surface area contributed by atoms with E-state index < -0.39 is 32.0 Å². The quantitative estimate of drug-likeness (QED) is 0.887. The van der Waals surface area contributed by atoms with Crippen molar-refractivity contribution in [2.24, 2.45) is 0 Å². The van der Waals surface area contributed by atoms with Crippen molar-refractivity contribution >= 4 is 9.84 Å². The van der Waals surface area contributed by atoms with E-state index in [0.717, 1.165) is 19.3 Å². The highest BCUT2D eigenvalue weighted by Crippen LogP contribution is 2.46. The first-order valence-corrected chi connectivity index (χ1v) is 10.0. The minimum Gasteiger partial charge on any atom is -0.485 e. The number of benzene rings is 1. The minimum absolute atomic E-state index is 0.369. The largest absolute Gasteiger partial charge is 0.485 e. The molecule has 1 heterocycles. The SMILES string of the molecule is CC1(C)Oc2ccc(C#N)cc2[C@H](S(=O)(=O)C2CCCCC2)[C@H]1O. The molecule has 1 fully saturated rings. The zero-order valence-corrected chi connectivity index (χ0v) is 14.8. The van der Waals surface area contributed by atoms with Gasteiger partial charge in [-0.2, -0.15) is 5.26 Å². The van der Waals surface area contributed by atoms with Crippen molar-refractivity contribution in [3.63, 3.8) is 0 Å². The van der Waals surface area contributed by atoms with Crippen LogP contribution in [0.2, 0.25) is 0 Å². The molecule has 5 nitrogen and oxygen atoms in total. The molecule has 0 saturated heterocycles. The van der Waals surface area contributed by atoms with E-state index >= 15 is 0 Å². The maximum absolute atomic E-state index is 13.3. The Bertz CT molecular complexity index is 773. The number of fused-ring (bicyclic) bond motifs is 1. The zero-order chi connectivity index (χ0) is 17.5. The summed E-state index contributed by atoms with van der Waals surface area (Å²) in [5, 5.41) is 18.4. The molecule has 130 valence electrons. The van der Waals surface area contributed by atoms with Crippen LogP contribution in [0.5, 0.6) is 5.75 Å². The molecule has 0 amide bonds. The summed E-state index contributed by atoms with van der Waals surface area (Å²) < 4.78 is 32.4. The normalized spacial score (nSPS) is 26.9. The molecule has 1 aromatic carbocycles. The Morgan fingerprint density at radius 3 is 2.54 bits per heavy atom. The third-order valence-electron chi connectivity index (χ3n) is 5.19. The number of ether oxygens (including phenoxy) is 1. The van der Waals surface area contributed by atoms with E-state index in [0.29, 0.717) is 29.7 Å². The van der Waals surface area contributed by atoms with Crippen LogP contribution >= 0.6 is 0 Å². The summed E-state index contributed by atoms with van der Waals surface area (Å²) in [4.78, 5) is 0. The summed E-state index contributed by atoms with van der Waals surface area (Å²) in [7, 11) is -3.58. The summed E-state index contributed by atoms with van der Waals surface area (Å²) in [5.41, 5.74) is -0.229. The number of nitriles is 1. The van der Waals surface area contributed by atoms with Crippen molar-refractivity contribution < 1.29 is 18.3 Å². The van der Waals surface area contributed by atoms with Crippen LogP contribution in [0.25, 0.3) is 0 Å². The monoisotopic (exact) mass is 349 g/mol. The van der Waals surface area contributed by atoms with E-state index in [1.807, 2.05) is 6.07 Å². The van der Waals surface area contributed by atoms with Crippen molar-refractivity contribution in [3.05, 3.63) is 29.3 Å². The third-order valence-corrected chi connectivity index (χ3v) is 7.81. The van der Waals surface area contributed by atoms with Crippen LogP contribution in [0.15, 0.2) is 18.2 Å². The highest BCUT2D eigenvalue weighted by Gasteiger charge is 2.51. The fraction of sp³-hybridized carbons (Fsp3) is 0.611. The topological polar surface area (TPSA) is 87.4 Å². The molecule has 0 bridgehead atoms. The molecule has 1 saturated carbocycles. The average Bonchev–Trinajstić information content (AvgIpc) is 2.56. The van der Waals surface area contributed by atoms with Crippen molar-refractivity contribution in [1.29, 1.82) is 5.26 Å². The average molecular weight is 349 g/mol. The maximum Gasteiger partial charge on any atom is 0.163 e. The second kappa shape index (κ2) is 6.05. The number of rotatable bonds is 2. The van der Waals surface area contributed by atoms with E-state index in [-0.39, 0.29) is 0 Å². The van der Waals surface area contributed by atoms with Crippen molar-refractivity contribution in [2.75, 3.05) is 0 Å². The van der Waals surface area contributed by atoms with Crippen molar-refractivity contribution in [3.8, 4) is 11.8 Å². The summed E-state index contributed by atoms with van der Waals surface area (Å²) >= 11 is 0. The lowest BCUT2D eigenvalue weighted by Crippen LogP contribution is -2.52. The van der Waals surface area contributed by atoms with Crippen molar-refractivity contribution in [2.45, 2.75) is 68.2 Å². The molecule has 1 aliphatic heterocycles. The standard InChI is InChI=1S/C18H23NO4S/c1-18(2)17(20)16(24(21,22)13-6-4-3-5-7-13)14-10-12(11-19)8-9-15(14)23-18/h8-10,13,16-17,20H,3-7H2,1-2H3/t16-,17+/m0/s1. The number of aliphatic hydroxyl groups is 1. The fourth-order valence-corrected chi connectivity index (χ4v) is 6.40. The summed E-state index contributed by atoms with van der Waals surface area (Å²) in [6.07, 6.45) is 2.96. The van der Waals surface area contributed by atoms with Gasteiger partial charge >= 0.3 is 0 Å². The van der Waals surface area contributed by atoms with Gasteiger partial charge in [-0.05, 0) is 44.9 Å². The molecule has 0 unspecified atom stereocenters. The smallest absolute Gasteiger partial charge is 0.163 e. The lowest BCUT2D eigenvalue weighted by atomic mass is 9.90. The molecule has 2 atom stereocenters. The maximum atomic E-state index is 13.3. The highest BCUT2D eigenvalue weighted by molar-refractivity contribution is 7.92. The van der Waals surface area contributed by atoms with Gasteiger partial charge in [-0.25, -0.2) is 8.42 Å². The molecular weight excluding hydrogens is 326 g/mol. The Morgan fingerprint density at radius 1 is 1.25 bits per heavy atom. The molecule has 0 aromatic heterocycles. The first-order valence-electron chi connectivity index (χ1n) is 8.41. The van der Waals surface area contributed by atoms with Gasteiger partial charge in [0.1, 0.15) is 22.7 Å². The number of hydrogen-bond donors (Lipinski definition) is 1. The molecule has 0 spiro atoms. The molecule has 24 heavy (non-hydrogen) atoms. The van der Waals surface area contributed by atoms with E-state index in [1.54, 1.807) is 32.0 Å². The molecule has 2 aliphatic rings. The van der Waals surface area contributed by atoms with Crippen molar-refractivity contribution in [1.82, 2.24) is 0 Å². The van der Waals surface area contributed by atoms with Gasteiger partial charge in [0.25, 0.3) is 0 Å². The Kier molecular flexibility index (Phi) is 4.35. The lowest BCUT2D eigenvalue weighted by Gasteiger charge is -2.43. The predicted octanol–water partition coefficient (Wildman–Crippen LogP) is 2.88. The molecule has 0 radical (unpaired) electrons. The fourth-order valence-electron chi connectivity index (χ4n) is 3.77. The van der Waals surface area contributed by atoms with Gasteiger partial charge in [-0.3, -0.25) is 0 Å². The van der Waals surface area contributed by atoms with Crippen LogP contribution in [-0.4, -0.2) is 30.5 Å². The van der Waals surface area contributed by atoms with Crippen LogP contribution in [0.3, 0.4) is 0 Å². The highest BCUT2D eigenvalue weighted by atomic mass is 32.2. The Labute approximate surface area is 143 Å². The van der Waals surface area contributed by atoms with Gasteiger partial charge in [0.15, 0.2) is 9.84 Å². The van der Waals surface area contributed by atoms with Crippen LogP contribution in [0, 0.1) is 11.3 Å². The number of nitrogens with zero attached hydrogens (tertiary/aromatic N) is 1. The second-order valence-corrected chi connectivity index (χ2v) is 9.64. The van der Waals surface area contributed by atoms with Crippen LogP contribution in [-0.2, 0) is 9.84 Å². The summed E-state index contributed by atoms with van der Waals surface area (Å²) in [5.74, 6) is 0.439. The first kappa shape index (κ1) is 17.2. The molecule has 1 aromatic rings. The van der Waals surface area contributed by atoms with E-state index in [2.05, 4.69) is 0 Å². The molecule has 1 N–H and O–H groups in total. The predicted molar refractivity (Wildman–Crippen MR) is 90.4 cm³/mol. The second-order valence-electron chi connectivity index (χ2n) is 7.28. The molecule has 1 aliphatic carbocycles. The van der Waals surface area contributed by atoms with Crippen LogP contribution in [0.4, 0.5) is 0 Å². The number of sulfone groups is 1. The van der Waals surface area contributed by atoms with E-state index in [1.165, 1.54) is 0 Å². The van der Waals surface area contributed by atoms with Gasteiger partial charge in [-0.15, -0.1) is 0 Å². The van der Waals surface area contributed by atoms with Gasteiger partial charge in [0.2, 0.25) is 0 Å².